The Hall–Kier alpha value is -1.44. The largest absolute Gasteiger partial charge is 0.379 e. The minimum atomic E-state index is -0.0265. The maximum absolute atomic E-state index is 12.5. The second-order valence-corrected chi connectivity index (χ2v) is 6.22. The predicted molar refractivity (Wildman–Crippen MR) is 80.6 cm³/mol. The first-order chi connectivity index (χ1) is 10.6. The number of hydrogen-bond donors (Lipinski definition) is 0. The van der Waals surface area contributed by atoms with Crippen LogP contribution in [0.1, 0.15) is 22.7 Å². The highest BCUT2D eigenvalue weighted by atomic mass is 16.5. The summed E-state index contributed by atoms with van der Waals surface area (Å²) in [5.74, 6) is 0.718. The third-order valence-corrected chi connectivity index (χ3v) is 4.44. The van der Waals surface area contributed by atoms with Gasteiger partial charge in [0.25, 0.3) is 5.91 Å². The molecule has 1 amide bonds. The number of ether oxygens (including phenoxy) is 1. The fourth-order valence-electron chi connectivity index (χ4n) is 2.98. The first kappa shape index (κ1) is 15.5. The lowest BCUT2D eigenvalue weighted by atomic mass is 10.2. The van der Waals surface area contributed by atoms with Crippen LogP contribution in [0.15, 0.2) is 10.6 Å². The maximum atomic E-state index is 12.5. The van der Waals surface area contributed by atoms with E-state index in [2.05, 4.69) is 29.1 Å². The second-order valence-electron chi connectivity index (χ2n) is 6.22. The predicted octanol–water partition coefficient (Wildman–Crippen LogP) is 0.283. The van der Waals surface area contributed by atoms with E-state index in [9.17, 15) is 4.79 Å². The highest BCUT2D eigenvalue weighted by molar-refractivity contribution is 5.92. The van der Waals surface area contributed by atoms with Crippen molar-refractivity contribution in [2.24, 2.45) is 0 Å². The molecular formula is C15H24N4O3. The summed E-state index contributed by atoms with van der Waals surface area (Å²) in [6, 6.07) is 2.21. The van der Waals surface area contributed by atoms with Gasteiger partial charge in [-0.1, -0.05) is 5.16 Å². The lowest BCUT2D eigenvalue weighted by molar-refractivity contribution is 0.0305. The highest BCUT2D eigenvalue weighted by Crippen LogP contribution is 2.17. The zero-order valence-corrected chi connectivity index (χ0v) is 13.3. The zero-order chi connectivity index (χ0) is 15.5. The van der Waals surface area contributed by atoms with E-state index in [1.165, 1.54) is 0 Å². The molecular weight excluding hydrogens is 284 g/mol. The molecule has 2 aliphatic rings. The molecule has 7 heteroatoms. The number of hydrogen-bond acceptors (Lipinski definition) is 6. The average molecular weight is 308 g/mol. The minimum absolute atomic E-state index is 0.0265. The van der Waals surface area contributed by atoms with Gasteiger partial charge in [-0.2, -0.15) is 0 Å². The fraction of sp³-hybridized carbons (Fsp3) is 0.733. The van der Waals surface area contributed by atoms with Crippen LogP contribution in [-0.2, 0) is 11.3 Å². The van der Waals surface area contributed by atoms with Gasteiger partial charge in [0.1, 0.15) is 0 Å². The van der Waals surface area contributed by atoms with Gasteiger partial charge in [0.2, 0.25) is 0 Å². The van der Waals surface area contributed by atoms with Crippen LogP contribution in [0, 0.1) is 0 Å². The molecule has 0 N–H and O–H groups in total. The number of carbonyl (C=O) groups excluding carboxylic acids is 1. The molecule has 1 aromatic heterocycles. The Kier molecular flexibility index (Phi) is 4.75. The fourth-order valence-corrected chi connectivity index (χ4v) is 2.98. The van der Waals surface area contributed by atoms with Gasteiger partial charge >= 0.3 is 0 Å². The molecule has 2 aliphatic heterocycles. The Labute approximate surface area is 130 Å². The first-order valence-electron chi connectivity index (χ1n) is 7.85. The highest BCUT2D eigenvalue weighted by Gasteiger charge is 2.29. The Morgan fingerprint density at radius 1 is 1.36 bits per heavy atom. The molecule has 0 spiro atoms. The van der Waals surface area contributed by atoms with Gasteiger partial charge in [-0.15, -0.1) is 0 Å². The number of likely N-dealkylation sites (N-methyl/N-ethyl adjacent to an activating group) is 1. The van der Waals surface area contributed by atoms with E-state index in [0.29, 0.717) is 18.3 Å². The van der Waals surface area contributed by atoms with Crippen molar-refractivity contribution in [2.75, 3.05) is 53.5 Å². The monoisotopic (exact) mass is 308 g/mol. The summed E-state index contributed by atoms with van der Waals surface area (Å²) in [5.41, 5.74) is 0.419. The quantitative estimate of drug-likeness (QED) is 0.796. The summed E-state index contributed by atoms with van der Waals surface area (Å²) in [7, 11) is 4.10. The summed E-state index contributed by atoms with van der Waals surface area (Å²) >= 11 is 0. The number of aromatic nitrogens is 1. The number of amides is 1. The molecule has 0 aromatic carbocycles. The van der Waals surface area contributed by atoms with Crippen molar-refractivity contribution in [3.05, 3.63) is 17.5 Å². The van der Waals surface area contributed by atoms with E-state index >= 15 is 0 Å². The van der Waals surface area contributed by atoms with Gasteiger partial charge < -0.3 is 19.1 Å². The molecule has 0 aliphatic carbocycles. The number of rotatable bonds is 4. The molecule has 2 saturated heterocycles. The molecule has 7 nitrogen and oxygen atoms in total. The number of likely N-dealkylation sites (tertiary alicyclic amines) is 1. The smallest absolute Gasteiger partial charge is 0.276 e. The molecule has 0 unspecified atom stereocenters. The minimum Gasteiger partial charge on any atom is -0.379 e. The van der Waals surface area contributed by atoms with Crippen LogP contribution in [0.25, 0.3) is 0 Å². The van der Waals surface area contributed by atoms with Crippen LogP contribution in [0.4, 0.5) is 0 Å². The summed E-state index contributed by atoms with van der Waals surface area (Å²) in [6.07, 6.45) is 1.01. The molecule has 3 rings (SSSR count). The molecule has 0 saturated carbocycles. The number of morpholine rings is 1. The second kappa shape index (κ2) is 6.76. The van der Waals surface area contributed by atoms with Gasteiger partial charge in [-0.05, 0) is 20.5 Å². The molecule has 3 heterocycles. The van der Waals surface area contributed by atoms with E-state index < -0.39 is 0 Å². The molecule has 1 atom stereocenters. The SMILES string of the molecule is CN(C)[C@H]1CCN(C(=O)c2cc(CN3CCOCC3)on2)C1. The van der Waals surface area contributed by atoms with Crippen molar-refractivity contribution in [2.45, 2.75) is 19.0 Å². The normalized spacial score (nSPS) is 23.4. The summed E-state index contributed by atoms with van der Waals surface area (Å²) in [5, 5.41) is 3.96. The van der Waals surface area contributed by atoms with E-state index in [-0.39, 0.29) is 5.91 Å². The van der Waals surface area contributed by atoms with Gasteiger partial charge in [0, 0.05) is 38.3 Å². The van der Waals surface area contributed by atoms with E-state index in [4.69, 9.17) is 9.26 Å². The molecule has 122 valence electrons. The summed E-state index contributed by atoms with van der Waals surface area (Å²) in [6.45, 7) is 5.51. The lowest BCUT2D eigenvalue weighted by Crippen LogP contribution is -2.35. The van der Waals surface area contributed by atoms with Crippen LogP contribution in [0.2, 0.25) is 0 Å². The van der Waals surface area contributed by atoms with Gasteiger partial charge in [0.05, 0.1) is 19.8 Å². The van der Waals surface area contributed by atoms with Crippen molar-refractivity contribution in [3.63, 3.8) is 0 Å². The van der Waals surface area contributed by atoms with Crippen molar-refractivity contribution in [1.82, 2.24) is 19.9 Å². The average Bonchev–Trinajstić information content (AvgIpc) is 3.17. The molecule has 1 aromatic rings. The standard InChI is InChI=1S/C15H24N4O3/c1-17(2)12-3-4-19(10-12)15(20)14-9-13(22-16-14)11-18-5-7-21-8-6-18/h9,12H,3-8,10-11H2,1-2H3/t12-/m0/s1. The molecule has 0 radical (unpaired) electrons. The Balaban J connectivity index is 1.57. The third-order valence-electron chi connectivity index (χ3n) is 4.44. The van der Waals surface area contributed by atoms with E-state index in [1.807, 2.05) is 4.90 Å². The first-order valence-corrected chi connectivity index (χ1v) is 7.85. The van der Waals surface area contributed by atoms with Gasteiger partial charge in [-0.25, -0.2) is 0 Å². The van der Waals surface area contributed by atoms with Crippen LogP contribution >= 0.6 is 0 Å². The van der Waals surface area contributed by atoms with Crippen LogP contribution in [-0.4, -0.2) is 85.3 Å². The molecule has 0 bridgehead atoms. The Morgan fingerprint density at radius 3 is 2.82 bits per heavy atom. The van der Waals surface area contributed by atoms with Crippen molar-refractivity contribution >= 4 is 5.91 Å². The summed E-state index contributed by atoms with van der Waals surface area (Å²) < 4.78 is 10.7. The van der Waals surface area contributed by atoms with Crippen molar-refractivity contribution in [1.29, 1.82) is 0 Å². The van der Waals surface area contributed by atoms with Crippen LogP contribution in [0.3, 0.4) is 0 Å². The molecule has 22 heavy (non-hydrogen) atoms. The van der Waals surface area contributed by atoms with Crippen molar-refractivity contribution in [3.8, 4) is 0 Å². The molecule has 2 fully saturated rings. The summed E-state index contributed by atoms with van der Waals surface area (Å²) in [4.78, 5) is 18.7. The van der Waals surface area contributed by atoms with Gasteiger partial charge in [0.15, 0.2) is 11.5 Å². The Bertz CT molecular complexity index is 511. The maximum Gasteiger partial charge on any atom is 0.276 e. The van der Waals surface area contributed by atoms with Crippen LogP contribution in [0.5, 0.6) is 0 Å². The van der Waals surface area contributed by atoms with E-state index in [1.54, 1.807) is 6.07 Å². The Morgan fingerprint density at radius 2 is 2.14 bits per heavy atom. The van der Waals surface area contributed by atoms with Gasteiger partial charge in [-0.3, -0.25) is 9.69 Å². The lowest BCUT2D eigenvalue weighted by Gasteiger charge is -2.25. The number of nitrogens with zero attached hydrogens (tertiary/aromatic N) is 4. The third kappa shape index (κ3) is 3.48. The zero-order valence-electron chi connectivity index (χ0n) is 13.3. The van der Waals surface area contributed by atoms with Crippen LogP contribution < -0.4 is 0 Å². The van der Waals surface area contributed by atoms with Crippen molar-refractivity contribution < 1.29 is 14.1 Å². The number of carbonyl (C=O) groups is 1. The van der Waals surface area contributed by atoms with E-state index in [0.717, 1.165) is 51.6 Å². The topological polar surface area (TPSA) is 62.0 Å².